The van der Waals surface area contributed by atoms with Crippen molar-refractivity contribution in [1.29, 1.82) is 0 Å². The summed E-state index contributed by atoms with van der Waals surface area (Å²) in [6, 6.07) is 9.87. The van der Waals surface area contributed by atoms with E-state index in [1.165, 1.54) is 12.8 Å². The Labute approximate surface area is 171 Å². The maximum absolute atomic E-state index is 12.8. The Balaban J connectivity index is 1.63. The molecule has 7 nitrogen and oxygen atoms in total. The molecule has 1 saturated heterocycles. The van der Waals surface area contributed by atoms with Gasteiger partial charge in [-0.25, -0.2) is 4.98 Å². The minimum atomic E-state index is -0.664. The van der Waals surface area contributed by atoms with E-state index in [4.69, 9.17) is 4.74 Å². The lowest BCUT2D eigenvalue weighted by Gasteiger charge is -2.22. The van der Waals surface area contributed by atoms with Crippen LogP contribution in [0.25, 0.3) is 0 Å². The molecule has 0 bridgehead atoms. The lowest BCUT2D eigenvalue weighted by molar-refractivity contribution is -0.118. The van der Waals surface area contributed by atoms with E-state index in [0.29, 0.717) is 17.0 Å². The number of carbonyl (C=O) groups is 2. The van der Waals surface area contributed by atoms with E-state index in [-0.39, 0.29) is 17.7 Å². The Hall–Kier alpha value is -3.09. The number of ether oxygens (including phenoxy) is 1. The second-order valence-corrected chi connectivity index (χ2v) is 7.51. The molecule has 0 spiro atoms. The third-order valence-electron chi connectivity index (χ3n) is 5.03. The van der Waals surface area contributed by atoms with E-state index in [9.17, 15) is 9.59 Å². The predicted molar refractivity (Wildman–Crippen MR) is 113 cm³/mol. The van der Waals surface area contributed by atoms with Gasteiger partial charge in [0.25, 0.3) is 5.91 Å². The first-order valence-electron chi connectivity index (χ1n) is 9.94. The maximum Gasteiger partial charge on any atom is 0.251 e. The van der Waals surface area contributed by atoms with Gasteiger partial charge in [0.05, 0.1) is 19.0 Å². The van der Waals surface area contributed by atoms with Gasteiger partial charge >= 0.3 is 0 Å². The van der Waals surface area contributed by atoms with Crippen molar-refractivity contribution >= 4 is 23.3 Å². The zero-order valence-corrected chi connectivity index (χ0v) is 17.1. The minimum absolute atomic E-state index is 0.0750. The van der Waals surface area contributed by atoms with Crippen LogP contribution < -0.4 is 20.3 Å². The molecule has 3 rings (SSSR count). The van der Waals surface area contributed by atoms with Crippen molar-refractivity contribution in [2.75, 3.05) is 30.4 Å². The summed E-state index contributed by atoms with van der Waals surface area (Å²) < 4.78 is 5.11. The molecule has 1 atom stereocenters. The SMILES string of the molecule is COc1ccc(C(=O)N[C@H](C(=O)Nc2ccc(N3CCCC3)nc2)C(C)C)cc1. The Morgan fingerprint density at radius 3 is 2.31 bits per heavy atom. The monoisotopic (exact) mass is 396 g/mol. The molecule has 154 valence electrons. The Bertz CT molecular complexity index is 828. The van der Waals surface area contributed by atoms with Crippen LogP contribution in [0.3, 0.4) is 0 Å². The molecule has 1 aromatic heterocycles. The van der Waals surface area contributed by atoms with Gasteiger partial charge in [-0.3, -0.25) is 9.59 Å². The summed E-state index contributed by atoms with van der Waals surface area (Å²) in [5.74, 6) is 0.953. The van der Waals surface area contributed by atoms with Crippen LogP contribution in [0.2, 0.25) is 0 Å². The van der Waals surface area contributed by atoms with Crippen molar-refractivity contribution in [2.45, 2.75) is 32.7 Å². The van der Waals surface area contributed by atoms with E-state index in [0.717, 1.165) is 18.9 Å². The summed E-state index contributed by atoms with van der Waals surface area (Å²) >= 11 is 0. The van der Waals surface area contributed by atoms with Gasteiger partial charge in [0, 0.05) is 18.7 Å². The number of nitrogens with zero attached hydrogens (tertiary/aromatic N) is 2. The minimum Gasteiger partial charge on any atom is -0.497 e. The first kappa shape index (κ1) is 20.6. The van der Waals surface area contributed by atoms with E-state index in [1.54, 1.807) is 37.6 Å². The Morgan fingerprint density at radius 1 is 1.07 bits per heavy atom. The lowest BCUT2D eigenvalue weighted by atomic mass is 10.0. The fourth-order valence-corrected chi connectivity index (χ4v) is 3.32. The summed E-state index contributed by atoms with van der Waals surface area (Å²) in [4.78, 5) is 32.0. The molecule has 1 aromatic carbocycles. The third-order valence-corrected chi connectivity index (χ3v) is 5.03. The van der Waals surface area contributed by atoms with Crippen LogP contribution in [0.15, 0.2) is 42.6 Å². The van der Waals surface area contributed by atoms with Crippen LogP contribution >= 0.6 is 0 Å². The highest BCUT2D eigenvalue weighted by Crippen LogP contribution is 2.19. The Morgan fingerprint density at radius 2 is 1.76 bits per heavy atom. The molecule has 0 radical (unpaired) electrons. The van der Waals surface area contributed by atoms with Crippen molar-refractivity contribution in [1.82, 2.24) is 10.3 Å². The first-order chi connectivity index (χ1) is 14.0. The predicted octanol–water partition coefficient (Wildman–Crippen LogP) is 3.08. The molecule has 2 heterocycles. The molecular formula is C22H28N4O3. The average Bonchev–Trinajstić information content (AvgIpc) is 3.27. The van der Waals surface area contributed by atoms with E-state index in [2.05, 4.69) is 20.5 Å². The van der Waals surface area contributed by atoms with Gasteiger partial charge in [0.2, 0.25) is 5.91 Å². The maximum atomic E-state index is 12.8. The molecule has 29 heavy (non-hydrogen) atoms. The van der Waals surface area contributed by atoms with Crippen LogP contribution in [-0.2, 0) is 4.79 Å². The van der Waals surface area contributed by atoms with Crippen molar-refractivity contribution in [3.05, 3.63) is 48.2 Å². The van der Waals surface area contributed by atoms with Crippen LogP contribution in [0.5, 0.6) is 5.75 Å². The average molecular weight is 396 g/mol. The van der Waals surface area contributed by atoms with E-state index >= 15 is 0 Å². The van der Waals surface area contributed by atoms with Gasteiger partial charge in [-0.1, -0.05) is 13.8 Å². The molecule has 0 saturated carbocycles. The highest BCUT2D eigenvalue weighted by atomic mass is 16.5. The summed E-state index contributed by atoms with van der Waals surface area (Å²) in [7, 11) is 1.57. The van der Waals surface area contributed by atoms with Gasteiger partial charge in [0.15, 0.2) is 0 Å². The number of hydrogen-bond donors (Lipinski definition) is 2. The number of rotatable bonds is 7. The van der Waals surface area contributed by atoms with Crippen LogP contribution in [-0.4, -0.2) is 43.0 Å². The summed E-state index contributed by atoms with van der Waals surface area (Å²) in [6.45, 7) is 5.83. The number of nitrogens with one attached hydrogen (secondary N) is 2. The summed E-state index contributed by atoms with van der Waals surface area (Å²) in [5.41, 5.74) is 1.09. The molecular weight excluding hydrogens is 368 g/mol. The molecule has 2 amide bonds. The fraction of sp³-hybridized carbons (Fsp3) is 0.409. The lowest BCUT2D eigenvalue weighted by Crippen LogP contribution is -2.47. The van der Waals surface area contributed by atoms with Gasteiger partial charge in [-0.05, 0) is 55.2 Å². The number of amides is 2. The smallest absolute Gasteiger partial charge is 0.251 e. The highest BCUT2D eigenvalue weighted by molar-refractivity contribution is 6.01. The van der Waals surface area contributed by atoms with Gasteiger partial charge in [-0.2, -0.15) is 0 Å². The molecule has 1 fully saturated rings. The highest BCUT2D eigenvalue weighted by Gasteiger charge is 2.25. The molecule has 2 N–H and O–H groups in total. The number of benzene rings is 1. The van der Waals surface area contributed by atoms with Gasteiger partial charge in [-0.15, -0.1) is 0 Å². The fourth-order valence-electron chi connectivity index (χ4n) is 3.32. The molecule has 0 aliphatic carbocycles. The number of pyridine rings is 1. The quantitative estimate of drug-likeness (QED) is 0.751. The van der Waals surface area contributed by atoms with Crippen molar-refractivity contribution in [2.24, 2.45) is 5.92 Å². The first-order valence-corrected chi connectivity index (χ1v) is 9.94. The number of carbonyl (C=O) groups excluding carboxylic acids is 2. The van der Waals surface area contributed by atoms with Crippen molar-refractivity contribution in [3.63, 3.8) is 0 Å². The zero-order chi connectivity index (χ0) is 20.8. The topological polar surface area (TPSA) is 83.6 Å². The second-order valence-electron chi connectivity index (χ2n) is 7.51. The van der Waals surface area contributed by atoms with E-state index in [1.807, 2.05) is 26.0 Å². The Kier molecular flexibility index (Phi) is 6.69. The van der Waals surface area contributed by atoms with E-state index < -0.39 is 6.04 Å². The number of aromatic nitrogens is 1. The van der Waals surface area contributed by atoms with Crippen LogP contribution in [0, 0.1) is 5.92 Å². The molecule has 7 heteroatoms. The molecule has 2 aromatic rings. The second kappa shape index (κ2) is 9.41. The molecule has 1 aliphatic heterocycles. The van der Waals surface area contributed by atoms with Crippen LogP contribution in [0.1, 0.15) is 37.0 Å². The van der Waals surface area contributed by atoms with Gasteiger partial charge in [0.1, 0.15) is 17.6 Å². The number of anilines is 2. The third kappa shape index (κ3) is 5.25. The van der Waals surface area contributed by atoms with Crippen molar-refractivity contribution < 1.29 is 14.3 Å². The summed E-state index contributed by atoms with van der Waals surface area (Å²) in [6.07, 6.45) is 4.03. The van der Waals surface area contributed by atoms with Gasteiger partial charge < -0.3 is 20.3 Å². The van der Waals surface area contributed by atoms with Crippen molar-refractivity contribution in [3.8, 4) is 5.75 Å². The normalized spacial score (nSPS) is 14.6. The zero-order valence-electron chi connectivity index (χ0n) is 17.1. The molecule has 0 unspecified atom stereocenters. The number of hydrogen-bond acceptors (Lipinski definition) is 5. The van der Waals surface area contributed by atoms with Crippen LogP contribution in [0.4, 0.5) is 11.5 Å². The number of methoxy groups -OCH3 is 1. The standard InChI is InChI=1S/C22H28N4O3/c1-15(2)20(25-21(27)16-6-9-18(29-3)10-7-16)22(28)24-17-8-11-19(23-14-17)26-12-4-5-13-26/h6-11,14-15,20H,4-5,12-13H2,1-3H3,(H,24,28)(H,25,27)/t20-/m0/s1. The molecule has 1 aliphatic rings. The largest absolute Gasteiger partial charge is 0.497 e. The summed E-state index contributed by atoms with van der Waals surface area (Å²) in [5, 5.41) is 5.69.